The van der Waals surface area contributed by atoms with Crippen LogP contribution in [0.3, 0.4) is 0 Å². The number of hydrogen-bond donors (Lipinski definition) is 1. The summed E-state index contributed by atoms with van der Waals surface area (Å²) < 4.78 is 0.961. The molecule has 3 rings (SSSR count). The molecule has 1 N–H and O–H groups in total. The molecule has 1 aromatic heterocycles. The number of aryl methyl sites for hydroxylation is 1. The molecule has 23 heavy (non-hydrogen) atoms. The summed E-state index contributed by atoms with van der Waals surface area (Å²) in [7, 11) is 1.95. The van der Waals surface area contributed by atoms with E-state index in [0.29, 0.717) is 5.95 Å². The van der Waals surface area contributed by atoms with Crippen LogP contribution >= 0.6 is 15.9 Å². The summed E-state index contributed by atoms with van der Waals surface area (Å²) >= 11 is 3.54. The van der Waals surface area contributed by atoms with E-state index in [0.717, 1.165) is 21.7 Å². The molecule has 0 amide bonds. The molecule has 0 aliphatic rings. The monoisotopic (exact) mass is 369 g/mol. The molecule has 0 aliphatic carbocycles. The predicted molar refractivity (Wildman–Crippen MR) is 96.5 cm³/mol. The van der Waals surface area contributed by atoms with Crippen LogP contribution in [0.4, 0.5) is 23.1 Å². The summed E-state index contributed by atoms with van der Waals surface area (Å²) in [4.78, 5) is 6.49. The van der Waals surface area contributed by atoms with Gasteiger partial charge < -0.3 is 10.2 Å². The number of benzene rings is 2. The van der Waals surface area contributed by atoms with Crippen LogP contribution in [0.15, 0.2) is 59.2 Å². The van der Waals surface area contributed by atoms with Crippen LogP contribution < -0.4 is 10.2 Å². The van der Waals surface area contributed by atoms with Crippen LogP contribution in [-0.2, 0) is 0 Å². The van der Waals surface area contributed by atoms with Crippen LogP contribution in [0.5, 0.6) is 0 Å². The number of hydrogen-bond acceptors (Lipinski definition) is 5. The second kappa shape index (κ2) is 6.75. The normalized spacial score (nSPS) is 10.4. The van der Waals surface area contributed by atoms with Crippen molar-refractivity contribution >= 4 is 39.1 Å². The molecule has 3 aromatic rings. The molecule has 0 saturated heterocycles. The van der Waals surface area contributed by atoms with Crippen molar-refractivity contribution in [2.45, 2.75) is 6.92 Å². The molecule has 0 aliphatic heterocycles. The molecule has 0 unspecified atom stereocenters. The van der Waals surface area contributed by atoms with Gasteiger partial charge in [-0.3, -0.25) is 0 Å². The number of anilines is 4. The smallest absolute Gasteiger partial charge is 0.249 e. The van der Waals surface area contributed by atoms with E-state index < -0.39 is 0 Å². The van der Waals surface area contributed by atoms with Gasteiger partial charge in [-0.1, -0.05) is 24.3 Å². The van der Waals surface area contributed by atoms with Crippen molar-refractivity contribution in [3.8, 4) is 0 Å². The Labute approximate surface area is 143 Å². The quantitative estimate of drug-likeness (QED) is 0.735. The lowest BCUT2D eigenvalue weighted by atomic mass is 10.2. The van der Waals surface area contributed by atoms with Gasteiger partial charge in [0.15, 0.2) is 5.82 Å². The highest BCUT2D eigenvalue weighted by Gasteiger charge is 2.09. The Bertz CT molecular complexity index is 807. The topological polar surface area (TPSA) is 53.9 Å². The highest BCUT2D eigenvalue weighted by Crippen LogP contribution is 2.26. The molecular formula is C17H16BrN5. The maximum Gasteiger partial charge on any atom is 0.249 e. The largest absolute Gasteiger partial charge is 0.328 e. The van der Waals surface area contributed by atoms with Crippen molar-refractivity contribution in [1.82, 2.24) is 15.2 Å². The van der Waals surface area contributed by atoms with E-state index in [9.17, 15) is 0 Å². The van der Waals surface area contributed by atoms with E-state index in [4.69, 9.17) is 0 Å². The second-order valence-corrected chi connectivity index (χ2v) is 6.00. The fourth-order valence-corrected chi connectivity index (χ4v) is 2.73. The number of nitrogens with one attached hydrogen (secondary N) is 1. The lowest BCUT2D eigenvalue weighted by Gasteiger charge is -2.18. The Hall–Kier alpha value is -2.47. The first kappa shape index (κ1) is 15.4. The zero-order valence-corrected chi connectivity index (χ0v) is 14.4. The van der Waals surface area contributed by atoms with Gasteiger partial charge in [-0.15, -0.1) is 5.10 Å². The zero-order chi connectivity index (χ0) is 16.2. The molecule has 5 nitrogen and oxygen atoms in total. The zero-order valence-electron chi connectivity index (χ0n) is 12.9. The van der Waals surface area contributed by atoms with Crippen LogP contribution in [0.25, 0.3) is 0 Å². The maximum absolute atomic E-state index is 4.53. The van der Waals surface area contributed by atoms with E-state index in [-0.39, 0.29) is 0 Å². The first-order valence-electron chi connectivity index (χ1n) is 7.15. The third-order valence-corrected chi connectivity index (χ3v) is 4.06. The Morgan fingerprint density at radius 2 is 1.87 bits per heavy atom. The number of rotatable bonds is 4. The van der Waals surface area contributed by atoms with Gasteiger partial charge in [-0.05, 0) is 52.7 Å². The van der Waals surface area contributed by atoms with Gasteiger partial charge in [0.2, 0.25) is 5.95 Å². The lowest BCUT2D eigenvalue weighted by Crippen LogP contribution is -2.13. The fourth-order valence-electron chi connectivity index (χ4n) is 2.14. The van der Waals surface area contributed by atoms with Crippen molar-refractivity contribution in [2.75, 3.05) is 17.3 Å². The van der Waals surface area contributed by atoms with Crippen molar-refractivity contribution in [3.63, 3.8) is 0 Å². The van der Waals surface area contributed by atoms with Gasteiger partial charge in [-0.25, -0.2) is 0 Å². The number of halogens is 1. The summed E-state index contributed by atoms with van der Waals surface area (Å²) in [6.45, 7) is 2.04. The number of aromatic nitrogens is 3. The third kappa shape index (κ3) is 3.65. The first-order valence-corrected chi connectivity index (χ1v) is 7.94. The van der Waals surface area contributed by atoms with Gasteiger partial charge in [0.1, 0.15) is 0 Å². The number of nitrogens with zero attached hydrogens (tertiary/aromatic N) is 4. The van der Waals surface area contributed by atoms with Crippen LogP contribution in [-0.4, -0.2) is 22.2 Å². The minimum atomic E-state index is 0.454. The van der Waals surface area contributed by atoms with Gasteiger partial charge in [0.05, 0.1) is 11.9 Å². The fraction of sp³-hybridized carbons (Fsp3) is 0.118. The molecule has 0 fully saturated rings. The van der Waals surface area contributed by atoms with E-state index in [1.54, 1.807) is 6.20 Å². The second-order valence-electron chi connectivity index (χ2n) is 5.14. The van der Waals surface area contributed by atoms with E-state index in [1.165, 1.54) is 5.56 Å². The van der Waals surface area contributed by atoms with Crippen LogP contribution in [0.1, 0.15) is 5.56 Å². The summed E-state index contributed by atoms with van der Waals surface area (Å²) in [5.74, 6) is 1.17. The summed E-state index contributed by atoms with van der Waals surface area (Å²) in [6.07, 6.45) is 1.64. The molecule has 1 heterocycles. The highest BCUT2D eigenvalue weighted by molar-refractivity contribution is 9.10. The summed E-state index contributed by atoms with van der Waals surface area (Å²) in [5, 5.41) is 11.3. The van der Waals surface area contributed by atoms with E-state index in [1.807, 2.05) is 67.4 Å². The Balaban J connectivity index is 1.85. The Morgan fingerprint density at radius 1 is 1.09 bits per heavy atom. The maximum atomic E-state index is 4.53. The minimum Gasteiger partial charge on any atom is -0.328 e. The molecule has 2 aromatic carbocycles. The van der Waals surface area contributed by atoms with Crippen molar-refractivity contribution in [2.24, 2.45) is 0 Å². The van der Waals surface area contributed by atoms with Gasteiger partial charge in [0, 0.05) is 17.2 Å². The summed E-state index contributed by atoms with van der Waals surface area (Å²) in [5.41, 5.74) is 3.12. The number of para-hydroxylation sites is 1. The van der Waals surface area contributed by atoms with E-state index in [2.05, 4.69) is 36.4 Å². The summed E-state index contributed by atoms with van der Waals surface area (Å²) in [6, 6.07) is 16.0. The molecule has 116 valence electrons. The van der Waals surface area contributed by atoms with Gasteiger partial charge >= 0.3 is 0 Å². The molecular weight excluding hydrogens is 354 g/mol. The predicted octanol–water partition coefficient (Wildman–Crippen LogP) is 4.45. The van der Waals surface area contributed by atoms with Gasteiger partial charge in [0.25, 0.3) is 0 Å². The molecule has 0 bridgehead atoms. The van der Waals surface area contributed by atoms with Crippen molar-refractivity contribution < 1.29 is 0 Å². The average molecular weight is 370 g/mol. The van der Waals surface area contributed by atoms with E-state index >= 15 is 0 Å². The van der Waals surface area contributed by atoms with Crippen LogP contribution in [0, 0.1) is 6.92 Å². The molecule has 6 heteroatoms. The molecule has 0 saturated carbocycles. The molecule has 0 radical (unpaired) electrons. The standard InChI is InChI=1S/C17H16BrN5/c1-12-8-9-15(14(18)10-12)20-17-21-16(11-19-22-17)23(2)13-6-4-3-5-7-13/h3-11H,1-2H3,(H,20,21,22). The van der Waals surface area contributed by atoms with Crippen molar-refractivity contribution in [1.29, 1.82) is 0 Å². The lowest BCUT2D eigenvalue weighted by molar-refractivity contribution is 0.957. The average Bonchev–Trinajstić information content (AvgIpc) is 2.58. The SMILES string of the molecule is Cc1ccc(Nc2nncc(N(C)c3ccccc3)n2)c(Br)c1. The van der Waals surface area contributed by atoms with Crippen LogP contribution in [0.2, 0.25) is 0 Å². The Morgan fingerprint density at radius 3 is 2.61 bits per heavy atom. The van der Waals surface area contributed by atoms with Gasteiger partial charge in [-0.2, -0.15) is 10.1 Å². The highest BCUT2D eigenvalue weighted by atomic mass is 79.9. The first-order chi connectivity index (χ1) is 11.1. The molecule has 0 atom stereocenters. The third-order valence-electron chi connectivity index (χ3n) is 3.40. The Kier molecular flexibility index (Phi) is 4.52. The minimum absolute atomic E-state index is 0.454. The molecule has 0 spiro atoms. The van der Waals surface area contributed by atoms with Crippen molar-refractivity contribution in [3.05, 3.63) is 64.8 Å².